The summed E-state index contributed by atoms with van der Waals surface area (Å²) in [5.41, 5.74) is 4.24. The first-order valence-electron chi connectivity index (χ1n) is 10.6. The molecule has 0 unspecified atom stereocenters. The molecule has 1 amide bonds. The van der Waals surface area contributed by atoms with Crippen molar-refractivity contribution in [2.75, 3.05) is 10.8 Å². The number of halogens is 1. The maximum atomic E-state index is 13.4. The normalized spacial score (nSPS) is 11.6. The van der Waals surface area contributed by atoms with Gasteiger partial charge in [-0.05, 0) is 74.9 Å². The predicted molar refractivity (Wildman–Crippen MR) is 135 cm³/mol. The number of ether oxygens (including phenoxy) is 1. The molecule has 0 aliphatic heterocycles. The number of nitrogens with one attached hydrogen (secondary N) is 1. The van der Waals surface area contributed by atoms with Crippen molar-refractivity contribution in [2.24, 2.45) is 5.10 Å². The largest absolute Gasteiger partial charge is 0.491 e. The molecule has 0 saturated heterocycles. The molecular formula is C25H26ClN3O4S. The van der Waals surface area contributed by atoms with Gasteiger partial charge in [0, 0.05) is 0 Å². The predicted octanol–water partition coefficient (Wildman–Crippen LogP) is 4.78. The van der Waals surface area contributed by atoms with Crippen molar-refractivity contribution in [3.63, 3.8) is 0 Å². The highest BCUT2D eigenvalue weighted by atomic mass is 35.5. The first-order valence-corrected chi connectivity index (χ1v) is 12.4. The Bertz CT molecular complexity index is 1260. The molecule has 3 aromatic carbocycles. The van der Waals surface area contributed by atoms with Gasteiger partial charge in [-0.25, -0.2) is 13.8 Å². The Morgan fingerprint density at radius 3 is 2.32 bits per heavy atom. The number of hydrogen-bond donors (Lipinski definition) is 1. The number of anilines is 1. The fourth-order valence-electron chi connectivity index (χ4n) is 3.04. The lowest BCUT2D eigenvalue weighted by Gasteiger charge is -2.24. The van der Waals surface area contributed by atoms with Crippen molar-refractivity contribution in [1.29, 1.82) is 0 Å². The Kier molecular flexibility index (Phi) is 8.31. The van der Waals surface area contributed by atoms with Crippen molar-refractivity contribution < 1.29 is 17.9 Å². The quantitative estimate of drug-likeness (QED) is 0.339. The number of sulfonamides is 1. The Morgan fingerprint density at radius 1 is 1.06 bits per heavy atom. The smallest absolute Gasteiger partial charge is 0.264 e. The number of para-hydroxylation sites is 1. The summed E-state index contributed by atoms with van der Waals surface area (Å²) in [6.07, 6.45) is 1.53. The van der Waals surface area contributed by atoms with Crippen LogP contribution in [0.25, 0.3) is 0 Å². The molecular weight excluding hydrogens is 474 g/mol. The minimum atomic E-state index is -4.06. The average Bonchev–Trinajstić information content (AvgIpc) is 2.79. The zero-order valence-electron chi connectivity index (χ0n) is 19.1. The topological polar surface area (TPSA) is 88.1 Å². The maximum Gasteiger partial charge on any atom is 0.264 e. The van der Waals surface area contributed by atoms with Crippen molar-refractivity contribution in [3.05, 3.63) is 88.9 Å². The highest BCUT2D eigenvalue weighted by Gasteiger charge is 2.28. The van der Waals surface area contributed by atoms with E-state index in [0.717, 1.165) is 21.2 Å². The highest BCUT2D eigenvalue weighted by Crippen LogP contribution is 2.30. The SMILES string of the molecule is Cc1ccc(S(=O)(=O)N(CC(=O)N/N=C\c2ccc(OC(C)C)cc2)c2ccccc2Cl)cc1. The van der Waals surface area contributed by atoms with Crippen molar-refractivity contribution >= 4 is 39.4 Å². The highest BCUT2D eigenvalue weighted by molar-refractivity contribution is 7.92. The van der Waals surface area contributed by atoms with Gasteiger partial charge in [0.2, 0.25) is 0 Å². The van der Waals surface area contributed by atoms with Crippen LogP contribution in [0.4, 0.5) is 5.69 Å². The van der Waals surface area contributed by atoms with Gasteiger partial charge in [0.05, 0.1) is 27.9 Å². The number of benzene rings is 3. The lowest BCUT2D eigenvalue weighted by molar-refractivity contribution is -0.119. The van der Waals surface area contributed by atoms with Crippen LogP contribution in [0.1, 0.15) is 25.0 Å². The zero-order valence-corrected chi connectivity index (χ0v) is 20.7. The molecule has 0 aromatic heterocycles. The number of hydrogen-bond acceptors (Lipinski definition) is 5. The molecule has 1 N–H and O–H groups in total. The number of carbonyl (C=O) groups is 1. The summed E-state index contributed by atoms with van der Waals surface area (Å²) < 4.78 is 33.3. The summed E-state index contributed by atoms with van der Waals surface area (Å²) in [6, 6.07) is 20.0. The number of nitrogens with zero attached hydrogens (tertiary/aromatic N) is 2. The molecule has 0 aliphatic rings. The molecule has 9 heteroatoms. The molecule has 7 nitrogen and oxygen atoms in total. The van der Waals surface area contributed by atoms with E-state index >= 15 is 0 Å². The number of hydrazone groups is 1. The monoisotopic (exact) mass is 499 g/mol. The van der Waals surface area contributed by atoms with Gasteiger partial charge in [-0.2, -0.15) is 5.10 Å². The summed E-state index contributed by atoms with van der Waals surface area (Å²) in [7, 11) is -4.06. The summed E-state index contributed by atoms with van der Waals surface area (Å²) in [5, 5.41) is 4.15. The van der Waals surface area contributed by atoms with E-state index in [2.05, 4.69) is 10.5 Å². The van der Waals surface area contributed by atoms with Crippen LogP contribution in [0, 0.1) is 6.92 Å². The van der Waals surface area contributed by atoms with Gasteiger partial charge in [-0.3, -0.25) is 9.10 Å². The van der Waals surface area contributed by atoms with Gasteiger partial charge in [0.25, 0.3) is 15.9 Å². The molecule has 0 radical (unpaired) electrons. The molecule has 0 aliphatic carbocycles. The molecule has 178 valence electrons. The first-order chi connectivity index (χ1) is 16.2. The third-order valence-electron chi connectivity index (χ3n) is 4.67. The number of rotatable bonds is 9. The van der Waals surface area contributed by atoms with Gasteiger partial charge in [0.1, 0.15) is 12.3 Å². The molecule has 0 atom stereocenters. The summed E-state index contributed by atoms with van der Waals surface area (Å²) in [5.74, 6) is 0.111. The molecule has 0 saturated carbocycles. The average molecular weight is 500 g/mol. The number of aryl methyl sites for hydroxylation is 1. The van der Waals surface area contributed by atoms with E-state index in [-0.39, 0.29) is 21.7 Å². The van der Waals surface area contributed by atoms with Crippen molar-refractivity contribution in [2.45, 2.75) is 31.8 Å². The Labute approximate surface area is 205 Å². The van der Waals surface area contributed by atoms with Crippen LogP contribution in [0.2, 0.25) is 5.02 Å². The van der Waals surface area contributed by atoms with Gasteiger partial charge in [-0.15, -0.1) is 0 Å². The standard InChI is InChI=1S/C25H26ClN3O4S/c1-18(2)33-21-12-10-20(11-13-21)16-27-28-25(30)17-29(24-7-5-4-6-23(24)26)34(31,32)22-14-8-19(3)9-15-22/h4-16,18H,17H2,1-3H3,(H,28,30)/b27-16-. The Hall–Kier alpha value is -3.36. The molecule has 3 rings (SSSR count). The van der Waals surface area contributed by atoms with E-state index in [1.165, 1.54) is 18.3 Å². The van der Waals surface area contributed by atoms with E-state index in [0.29, 0.717) is 0 Å². The van der Waals surface area contributed by atoms with E-state index < -0.39 is 22.5 Å². The molecule has 3 aromatic rings. The second-order valence-corrected chi connectivity index (χ2v) is 10.1. The van der Waals surface area contributed by atoms with E-state index in [1.54, 1.807) is 60.7 Å². The van der Waals surface area contributed by atoms with Crippen LogP contribution >= 0.6 is 11.6 Å². The van der Waals surface area contributed by atoms with Crippen LogP contribution < -0.4 is 14.5 Å². The molecule has 0 spiro atoms. The van der Waals surface area contributed by atoms with Gasteiger partial charge < -0.3 is 4.74 Å². The van der Waals surface area contributed by atoms with Crippen LogP contribution in [0.3, 0.4) is 0 Å². The number of amides is 1. The molecule has 34 heavy (non-hydrogen) atoms. The van der Waals surface area contributed by atoms with E-state index in [4.69, 9.17) is 16.3 Å². The molecule has 0 fully saturated rings. The van der Waals surface area contributed by atoms with Crippen LogP contribution in [0.5, 0.6) is 5.75 Å². The fraction of sp³-hybridized carbons (Fsp3) is 0.200. The van der Waals surface area contributed by atoms with Crippen LogP contribution in [-0.4, -0.2) is 33.2 Å². The van der Waals surface area contributed by atoms with Crippen LogP contribution in [-0.2, 0) is 14.8 Å². The van der Waals surface area contributed by atoms with Gasteiger partial charge >= 0.3 is 0 Å². The molecule has 0 bridgehead atoms. The van der Waals surface area contributed by atoms with E-state index in [9.17, 15) is 13.2 Å². The fourth-order valence-corrected chi connectivity index (χ4v) is 4.77. The second kappa shape index (κ2) is 11.2. The lowest BCUT2D eigenvalue weighted by atomic mass is 10.2. The Morgan fingerprint density at radius 2 is 1.71 bits per heavy atom. The third-order valence-corrected chi connectivity index (χ3v) is 6.77. The summed E-state index contributed by atoms with van der Waals surface area (Å²) in [4.78, 5) is 12.7. The third kappa shape index (κ3) is 6.59. The minimum Gasteiger partial charge on any atom is -0.491 e. The lowest BCUT2D eigenvalue weighted by Crippen LogP contribution is -2.39. The van der Waals surface area contributed by atoms with Crippen molar-refractivity contribution in [3.8, 4) is 5.75 Å². The summed E-state index contributed by atoms with van der Waals surface area (Å²) >= 11 is 6.27. The maximum absolute atomic E-state index is 13.4. The Balaban J connectivity index is 1.77. The van der Waals surface area contributed by atoms with Crippen LogP contribution in [0.15, 0.2) is 82.8 Å². The second-order valence-electron chi connectivity index (χ2n) is 7.80. The van der Waals surface area contributed by atoms with Crippen molar-refractivity contribution in [1.82, 2.24) is 5.43 Å². The zero-order chi connectivity index (χ0) is 24.7. The minimum absolute atomic E-state index is 0.0537. The van der Waals surface area contributed by atoms with Gasteiger partial charge in [0.15, 0.2) is 0 Å². The van der Waals surface area contributed by atoms with E-state index in [1.807, 2.05) is 20.8 Å². The number of carbonyl (C=O) groups excluding carboxylic acids is 1. The summed E-state index contributed by atoms with van der Waals surface area (Å²) in [6.45, 7) is 5.24. The molecule has 0 heterocycles. The van der Waals surface area contributed by atoms with Gasteiger partial charge in [-0.1, -0.05) is 41.4 Å². The first kappa shape index (κ1) is 25.3.